The number of piperidine rings is 1. The van der Waals surface area contributed by atoms with E-state index in [-0.39, 0.29) is 17.5 Å². The largest absolute Gasteiger partial charge is 0.354 e. The van der Waals surface area contributed by atoms with Gasteiger partial charge in [-0.3, -0.25) is 14.5 Å². The molecule has 0 spiro atoms. The summed E-state index contributed by atoms with van der Waals surface area (Å²) < 4.78 is 0. The fourth-order valence-corrected chi connectivity index (χ4v) is 4.05. The highest BCUT2D eigenvalue weighted by atomic mass is 35.5. The Labute approximate surface area is 181 Å². The quantitative estimate of drug-likeness (QED) is 0.698. The van der Waals surface area contributed by atoms with Crippen molar-refractivity contribution in [3.8, 4) is 0 Å². The summed E-state index contributed by atoms with van der Waals surface area (Å²) in [5, 5.41) is 6.25. The number of nitrogens with zero attached hydrogens (tertiary/aromatic N) is 1. The molecule has 0 bridgehead atoms. The second-order valence-corrected chi connectivity index (χ2v) is 8.18. The van der Waals surface area contributed by atoms with Gasteiger partial charge in [0.1, 0.15) is 0 Å². The minimum Gasteiger partial charge on any atom is -0.354 e. The molecule has 5 nitrogen and oxygen atoms in total. The molecular formula is C22H25Cl2N3O2. The van der Waals surface area contributed by atoms with Crippen LogP contribution in [0.1, 0.15) is 28.8 Å². The van der Waals surface area contributed by atoms with Gasteiger partial charge >= 0.3 is 0 Å². The van der Waals surface area contributed by atoms with E-state index in [1.807, 2.05) is 6.07 Å². The van der Waals surface area contributed by atoms with Gasteiger partial charge in [0.2, 0.25) is 5.91 Å². The van der Waals surface area contributed by atoms with Crippen LogP contribution in [-0.2, 0) is 11.3 Å². The number of nitrogens with one attached hydrogen (secondary N) is 2. The standard InChI is InChI=1S/C22H25Cl2N3O2/c23-18-8-9-19(20(24)11-18)22(29)26-13-21(28)25-12-17-7-4-10-27(15-17)14-16-5-2-1-3-6-16/h1-3,5-6,8-9,11,17H,4,7,10,12-15H2,(H,25,28)(H,26,29)/t17-/m0/s1. The maximum absolute atomic E-state index is 12.2. The molecule has 1 saturated heterocycles. The third-order valence-corrected chi connectivity index (χ3v) is 5.57. The van der Waals surface area contributed by atoms with E-state index < -0.39 is 5.91 Å². The molecule has 2 aromatic rings. The molecule has 1 atom stereocenters. The van der Waals surface area contributed by atoms with E-state index in [2.05, 4.69) is 39.8 Å². The predicted molar refractivity (Wildman–Crippen MR) is 116 cm³/mol. The highest BCUT2D eigenvalue weighted by Crippen LogP contribution is 2.21. The van der Waals surface area contributed by atoms with Gasteiger partial charge in [-0.1, -0.05) is 53.5 Å². The normalized spacial score (nSPS) is 17.0. The SMILES string of the molecule is O=C(CNC(=O)c1ccc(Cl)cc1Cl)NC[C@@H]1CCCN(Cc2ccccc2)C1. The van der Waals surface area contributed by atoms with E-state index in [0.717, 1.165) is 32.5 Å². The summed E-state index contributed by atoms with van der Waals surface area (Å²) in [5.74, 6) is -0.185. The molecule has 0 radical (unpaired) electrons. The van der Waals surface area contributed by atoms with E-state index in [9.17, 15) is 9.59 Å². The van der Waals surface area contributed by atoms with E-state index in [0.29, 0.717) is 23.0 Å². The minimum atomic E-state index is -0.395. The second kappa shape index (κ2) is 10.6. The maximum atomic E-state index is 12.2. The molecule has 2 N–H and O–H groups in total. The van der Waals surface area contributed by atoms with E-state index >= 15 is 0 Å². The average molecular weight is 434 g/mol. The zero-order valence-electron chi connectivity index (χ0n) is 16.2. The van der Waals surface area contributed by atoms with Crippen LogP contribution in [0.15, 0.2) is 48.5 Å². The van der Waals surface area contributed by atoms with Crippen LogP contribution in [0, 0.1) is 5.92 Å². The van der Waals surface area contributed by atoms with E-state index in [1.54, 1.807) is 12.1 Å². The van der Waals surface area contributed by atoms with Crippen molar-refractivity contribution in [2.45, 2.75) is 19.4 Å². The zero-order valence-corrected chi connectivity index (χ0v) is 17.7. The molecule has 2 aromatic carbocycles. The summed E-state index contributed by atoms with van der Waals surface area (Å²) in [5.41, 5.74) is 1.61. The van der Waals surface area contributed by atoms with Gasteiger partial charge in [0.25, 0.3) is 5.91 Å². The summed E-state index contributed by atoms with van der Waals surface area (Å²) in [7, 11) is 0. The Kier molecular flexibility index (Phi) is 7.92. The fraction of sp³-hybridized carbons (Fsp3) is 0.364. The molecule has 1 heterocycles. The molecule has 0 saturated carbocycles. The Bertz CT molecular complexity index is 845. The highest BCUT2D eigenvalue weighted by Gasteiger charge is 2.20. The molecule has 29 heavy (non-hydrogen) atoms. The maximum Gasteiger partial charge on any atom is 0.253 e. The number of hydrogen-bond acceptors (Lipinski definition) is 3. The molecule has 1 aliphatic rings. The number of carbonyl (C=O) groups excluding carboxylic acids is 2. The summed E-state index contributed by atoms with van der Waals surface area (Å²) >= 11 is 11.9. The van der Waals surface area contributed by atoms with Gasteiger partial charge in [-0.2, -0.15) is 0 Å². The number of hydrogen-bond donors (Lipinski definition) is 2. The van der Waals surface area contributed by atoms with Crippen molar-refractivity contribution in [2.75, 3.05) is 26.2 Å². The molecule has 3 rings (SSSR count). The molecular weight excluding hydrogens is 409 g/mol. The van der Waals surface area contributed by atoms with E-state index in [1.165, 1.54) is 11.6 Å². The Hall–Kier alpha value is -2.08. The highest BCUT2D eigenvalue weighted by molar-refractivity contribution is 6.36. The van der Waals surface area contributed by atoms with Crippen LogP contribution in [-0.4, -0.2) is 42.9 Å². The first-order valence-electron chi connectivity index (χ1n) is 9.77. The fourth-order valence-electron chi connectivity index (χ4n) is 3.55. The van der Waals surface area contributed by atoms with Crippen LogP contribution in [0.4, 0.5) is 0 Å². The average Bonchev–Trinajstić information content (AvgIpc) is 2.71. The van der Waals surface area contributed by atoms with Crippen LogP contribution < -0.4 is 10.6 Å². The monoisotopic (exact) mass is 433 g/mol. The number of halogens is 2. The number of benzene rings is 2. The number of amides is 2. The van der Waals surface area contributed by atoms with Crippen LogP contribution in [0.25, 0.3) is 0 Å². The number of carbonyl (C=O) groups is 2. The van der Waals surface area contributed by atoms with Gasteiger partial charge in [-0.15, -0.1) is 0 Å². The first kappa shape index (κ1) is 21.6. The van der Waals surface area contributed by atoms with Crippen molar-refractivity contribution < 1.29 is 9.59 Å². The summed E-state index contributed by atoms with van der Waals surface area (Å²) in [6.45, 7) is 3.50. The van der Waals surface area contributed by atoms with Crippen molar-refractivity contribution >= 4 is 35.0 Å². The molecule has 2 amide bonds. The molecule has 0 unspecified atom stereocenters. The zero-order chi connectivity index (χ0) is 20.6. The second-order valence-electron chi connectivity index (χ2n) is 7.34. The van der Waals surface area contributed by atoms with Crippen molar-refractivity contribution in [2.24, 2.45) is 5.92 Å². The Morgan fingerprint density at radius 2 is 1.86 bits per heavy atom. The molecule has 1 aliphatic heterocycles. The molecule has 154 valence electrons. The molecule has 0 aliphatic carbocycles. The van der Waals surface area contributed by atoms with Gasteiger partial charge < -0.3 is 10.6 Å². The van der Waals surface area contributed by atoms with Crippen LogP contribution >= 0.6 is 23.2 Å². The van der Waals surface area contributed by atoms with Gasteiger partial charge in [0, 0.05) is 24.7 Å². The first-order valence-corrected chi connectivity index (χ1v) is 10.5. The summed E-state index contributed by atoms with van der Waals surface area (Å²) in [4.78, 5) is 26.7. The third kappa shape index (κ3) is 6.74. The molecule has 0 aromatic heterocycles. The van der Waals surface area contributed by atoms with Gasteiger partial charge in [-0.05, 0) is 49.1 Å². The number of likely N-dealkylation sites (tertiary alicyclic amines) is 1. The summed E-state index contributed by atoms with van der Waals surface area (Å²) in [6.07, 6.45) is 2.22. The Balaban J connectivity index is 1.40. The van der Waals surface area contributed by atoms with Crippen molar-refractivity contribution in [1.82, 2.24) is 15.5 Å². The lowest BCUT2D eigenvalue weighted by Gasteiger charge is -2.32. The lowest BCUT2D eigenvalue weighted by Crippen LogP contribution is -2.43. The van der Waals surface area contributed by atoms with Crippen LogP contribution in [0.2, 0.25) is 10.0 Å². The van der Waals surface area contributed by atoms with Crippen molar-refractivity contribution in [3.05, 3.63) is 69.7 Å². The lowest BCUT2D eigenvalue weighted by molar-refractivity contribution is -0.120. The lowest BCUT2D eigenvalue weighted by atomic mass is 9.97. The molecule has 7 heteroatoms. The van der Waals surface area contributed by atoms with Gasteiger partial charge in [0.15, 0.2) is 0 Å². The van der Waals surface area contributed by atoms with Crippen molar-refractivity contribution in [3.63, 3.8) is 0 Å². The third-order valence-electron chi connectivity index (χ3n) is 5.03. The number of rotatable bonds is 7. The van der Waals surface area contributed by atoms with Gasteiger partial charge in [0.05, 0.1) is 17.1 Å². The van der Waals surface area contributed by atoms with Crippen LogP contribution in [0.3, 0.4) is 0 Å². The van der Waals surface area contributed by atoms with Crippen molar-refractivity contribution in [1.29, 1.82) is 0 Å². The predicted octanol–water partition coefficient (Wildman–Crippen LogP) is 3.75. The first-order chi connectivity index (χ1) is 14.0. The van der Waals surface area contributed by atoms with Gasteiger partial charge in [-0.25, -0.2) is 0 Å². The Morgan fingerprint density at radius 1 is 1.07 bits per heavy atom. The topological polar surface area (TPSA) is 61.4 Å². The molecule has 1 fully saturated rings. The van der Waals surface area contributed by atoms with E-state index in [4.69, 9.17) is 23.2 Å². The van der Waals surface area contributed by atoms with Crippen LogP contribution in [0.5, 0.6) is 0 Å². The minimum absolute atomic E-state index is 0.0851. The smallest absolute Gasteiger partial charge is 0.253 e. The summed E-state index contributed by atoms with van der Waals surface area (Å²) in [6, 6.07) is 15.1. The Morgan fingerprint density at radius 3 is 2.62 bits per heavy atom.